The lowest BCUT2D eigenvalue weighted by molar-refractivity contribution is -0.151. The molecule has 0 bridgehead atoms. The number of nitrogens with one attached hydrogen (secondary N) is 1. The quantitative estimate of drug-likeness (QED) is 0.749. The molecular formula is C11H19F2NO3. The van der Waals surface area contributed by atoms with Crippen LogP contribution in [-0.4, -0.2) is 44.8 Å². The second-order valence-electron chi connectivity index (χ2n) is 4.25. The second kappa shape index (κ2) is 6.26. The van der Waals surface area contributed by atoms with Crippen LogP contribution in [-0.2, 0) is 14.3 Å². The van der Waals surface area contributed by atoms with Crippen molar-refractivity contribution in [2.45, 2.75) is 43.8 Å². The number of carbonyl (C=O) groups is 1. The van der Waals surface area contributed by atoms with E-state index in [1.54, 1.807) is 7.05 Å². The van der Waals surface area contributed by atoms with Crippen LogP contribution in [0.4, 0.5) is 8.78 Å². The maximum absolute atomic E-state index is 12.0. The number of esters is 1. The first kappa shape index (κ1) is 14.3. The summed E-state index contributed by atoms with van der Waals surface area (Å²) in [7, 11) is 3.05. The van der Waals surface area contributed by atoms with Crippen molar-refractivity contribution < 1.29 is 23.0 Å². The van der Waals surface area contributed by atoms with Crippen LogP contribution in [0.3, 0.4) is 0 Å². The highest BCUT2D eigenvalue weighted by molar-refractivity contribution is 5.80. The van der Waals surface area contributed by atoms with Gasteiger partial charge in [0.05, 0.1) is 13.2 Å². The Hall–Kier alpha value is -0.750. The highest BCUT2D eigenvalue weighted by atomic mass is 19.3. The van der Waals surface area contributed by atoms with Gasteiger partial charge in [-0.15, -0.1) is 0 Å². The summed E-state index contributed by atoms with van der Waals surface area (Å²) in [5.74, 6) is -0.299. The number of carbonyl (C=O) groups excluding carboxylic acids is 1. The molecule has 0 aromatic carbocycles. The molecule has 1 N–H and O–H groups in total. The molecule has 100 valence electrons. The Morgan fingerprint density at radius 1 is 1.47 bits per heavy atom. The van der Waals surface area contributed by atoms with Crippen LogP contribution in [0.5, 0.6) is 0 Å². The third-order valence-electron chi connectivity index (χ3n) is 3.30. The van der Waals surface area contributed by atoms with Gasteiger partial charge in [-0.3, -0.25) is 4.79 Å². The van der Waals surface area contributed by atoms with Gasteiger partial charge in [-0.05, 0) is 32.7 Å². The van der Waals surface area contributed by atoms with Gasteiger partial charge in [0.2, 0.25) is 0 Å². The van der Waals surface area contributed by atoms with E-state index < -0.39 is 18.6 Å². The summed E-state index contributed by atoms with van der Waals surface area (Å²) in [6, 6.07) is 0. The van der Waals surface area contributed by atoms with Gasteiger partial charge in [0.15, 0.2) is 0 Å². The molecule has 0 unspecified atom stereocenters. The number of likely N-dealkylation sites (N-methyl/N-ethyl adjacent to an activating group) is 1. The minimum Gasteiger partial charge on any atom is -0.468 e. The number of hydrogen-bond acceptors (Lipinski definition) is 4. The van der Waals surface area contributed by atoms with E-state index in [1.165, 1.54) is 7.11 Å². The first-order valence-electron chi connectivity index (χ1n) is 5.71. The summed E-state index contributed by atoms with van der Waals surface area (Å²) in [5, 5.41) is 2.98. The summed E-state index contributed by atoms with van der Waals surface area (Å²) in [6.45, 7) is -0.532. The van der Waals surface area contributed by atoms with Crippen LogP contribution < -0.4 is 5.32 Å². The fourth-order valence-electron chi connectivity index (χ4n) is 2.21. The van der Waals surface area contributed by atoms with Gasteiger partial charge in [-0.25, -0.2) is 8.78 Å². The van der Waals surface area contributed by atoms with Gasteiger partial charge < -0.3 is 14.8 Å². The van der Waals surface area contributed by atoms with E-state index in [9.17, 15) is 13.6 Å². The number of ether oxygens (including phenoxy) is 2. The van der Waals surface area contributed by atoms with E-state index in [1.807, 2.05) is 0 Å². The first-order valence-corrected chi connectivity index (χ1v) is 5.71. The number of methoxy groups -OCH3 is 1. The molecule has 0 amide bonds. The molecule has 1 fully saturated rings. The number of alkyl halides is 2. The first-order chi connectivity index (χ1) is 8.04. The number of rotatable bonds is 5. The van der Waals surface area contributed by atoms with Crippen LogP contribution in [0.15, 0.2) is 0 Å². The van der Waals surface area contributed by atoms with Gasteiger partial charge in [-0.2, -0.15) is 0 Å². The Labute approximate surface area is 99.7 Å². The van der Waals surface area contributed by atoms with E-state index >= 15 is 0 Å². The maximum Gasteiger partial charge on any atom is 0.326 e. The summed E-state index contributed by atoms with van der Waals surface area (Å²) < 4.78 is 33.8. The normalized spacial score (nSPS) is 29.4. The van der Waals surface area contributed by atoms with Crippen molar-refractivity contribution in [3.05, 3.63) is 0 Å². The molecule has 17 heavy (non-hydrogen) atoms. The molecule has 0 aliphatic heterocycles. The zero-order valence-electron chi connectivity index (χ0n) is 10.2. The third kappa shape index (κ3) is 3.61. The molecule has 0 heterocycles. The number of hydrogen-bond donors (Lipinski definition) is 1. The van der Waals surface area contributed by atoms with Crippen molar-refractivity contribution in [1.29, 1.82) is 0 Å². The molecule has 4 nitrogen and oxygen atoms in total. The molecule has 1 aliphatic rings. The predicted molar refractivity (Wildman–Crippen MR) is 58.0 cm³/mol. The zero-order chi connectivity index (χ0) is 12.9. The van der Waals surface area contributed by atoms with E-state index in [2.05, 4.69) is 5.32 Å². The summed E-state index contributed by atoms with van der Waals surface area (Å²) >= 11 is 0. The molecule has 0 atom stereocenters. The highest BCUT2D eigenvalue weighted by Gasteiger charge is 2.41. The molecule has 1 saturated carbocycles. The van der Waals surface area contributed by atoms with Crippen molar-refractivity contribution >= 4 is 5.97 Å². The van der Waals surface area contributed by atoms with Gasteiger partial charge in [0.25, 0.3) is 6.43 Å². The van der Waals surface area contributed by atoms with E-state index in [-0.39, 0.29) is 12.1 Å². The van der Waals surface area contributed by atoms with Gasteiger partial charge in [0.1, 0.15) is 12.1 Å². The Morgan fingerprint density at radius 3 is 2.47 bits per heavy atom. The topological polar surface area (TPSA) is 47.6 Å². The lowest BCUT2D eigenvalue weighted by atomic mass is 9.80. The van der Waals surface area contributed by atoms with Crippen LogP contribution in [0, 0.1) is 0 Å². The largest absolute Gasteiger partial charge is 0.468 e. The third-order valence-corrected chi connectivity index (χ3v) is 3.30. The fourth-order valence-corrected chi connectivity index (χ4v) is 2.21. The monoisotopic (exact) mass is 251 g/mol. The van der Waals surface area contributed by atoms with Crippen LogP contribution in [0.25, 0.3) is 0 Å². The minimum atomic E-state index is -2.44. The minimum absolute atomic E-state index is 0.185. The lowest BCUT2D eigenvalue weighted by Gasteiger charge is -2.37. The molecule has 1 aliphatic carbocycles. The zero-order valence-corrected chi connectivity index (χ0v) is 10.2. The highest BCUT2D eigenvalue weighted by Crippen LogP contribution is 2.30. The Morgan fingerprint density at radius 2 is 2.06 bits per heavy atom. The maximum atomic E-state index is 12.0. The molecule has 6 heteroatoms. The van der Waals surface area contributed by atoms with Crippen molar-refractivity contribution in [3.8, 4) is 0 Å². The Kier molecular flexibility index (Phi) is 5.27. The molecule has 0 aromatic rings. The van der Waals surface area contributed by atoms with Crippen LogP contribution >= 0.6 is 0 Å². The SMILES string of the molecule is CNC1(C(=O)OC)CCC(OCC(F)F)CC1. The van der Waals surface area contributed by atoms with Gasteiger partial charge in [0, 0.05) is 0 Å². The average Bonchev–Trinajstić information content (AvgIpc) is 2.36. The molecule has 0 spiro atoms. The predicted octanol–water partition coefficient (Wildman–Crippen LogP) is 1.34. The van der Waals surface area contributed by atoms with Crippen LogP contribution in [0.1, 0.15) is 25.7 Å². The second-order valence-corrected chi connectivity index (χ2v) is 4.25. The molecular weight excluding hydrogens is 232 g/mol. The van der Waals surface area contributed by atoms with E-state index in [0.717, 1.165) is 0 Å². The van der Waals surface area contributed by atoms with Gasteiger partial charge in [-0.1, -0.05) is 0 Å². The Bertz CT molecular complexity index is 253. The molecule has 1 rings (SSSR count). The average molecular weight is 251 g/mol. The van der Waals surface area contributed by atoms with Crippen molar-refractivity contribution in [3.63, 3.8) is 0 Å². The summed E-state index contributed by atoms with van der Waals surface area (Å²) in [6.07, 6.45) is -0.360. The summed E-state index contributed by atoms with van der Waals surface area (Å²) in [4.78, 5) is 11.6. The smallest absolute Gasteiger partial charge is 0.326 e. The van der Waals surface area contributed by atoms with E-state index in [0.29, 0.717) is 25.7 Å². The van der Waals surface area contributed by atoms with Gasteiger partial charge >= 0.3 is 5.97 Å². The standard InChI is InChI=1S/C11H19F2NO3/c1-14-11(10(15)16-2)5-3-8(4-6-11)17-7-9(12)13/h8-9,14H,3-7H2,1-2H3. The van der Waals surface area contributed by atoms with E-state index in [4.69, 9.17) is 9.47 Å². The molecule has 0 saturated heterocycles. The van der Waals surface area contributed by atoms with Crippen molar-refractivity contribution in [2.75, 3.05) is 20.8 Å². The fraction of sp³-hybridized carbons (Fsp3) is 0.909. The molecule has 0 radical (unpaired) electrons. The van der Waals surface area contributed by atoms with Crippen LogP contribution in [0.2, 0.25) is 0 Å². The molecule has 0 aromatic heterocycles. The Balaban J connectivity index is 2.45. The van der Waals surface area contributed by atoms with Crippen molar-refractivity contribution in [1.82, 2.24) is 5.32 Å². The van der Waals surface area contributed by atoms with Crippen molar-refractivity contribution in [2.24, 2.45) is 0 Å². The number of halogens is 2. The summed E-state index contributed by atoms with van der Waals surface area (Å²) in [5.41, 5.74) is -0.681. The lowest BCUT2D eigenvalue weighted by Crippen LogP contribution is -2.54.